The summed E-state index contributed by atoms with van der Waals surface area (Å²) in [5, 5.41) is 3.47. The van der Waals surface area contributed by atoms with Crippen LogP contribution in [0.5, 0.6) is 5.75 Å². The van der Waals surface area contributed by atoms with Gasteiger partial charge in [0.15, 0.2) is 0 Å². The minimum atomic E-state index is -3.67. The van der Waals surface area contributed by atoms with E-state index in [1.807, 2.05) is 36.4 Å². The van der Waals surface area contributed by atoms with Crippen LogP contribution in [0.1, 0.15) is 24.0 Å². The number of halogens is 2. The molecule has 0 saturated heterocycles. The molecule has 0 aliphatic rings. The number of nitrogens with zero attached hydrogens (tertiary/aromatic N) is 2. The van der Waals surface area contributed by atoms with Gasteiger partial charge in [0.1, 0.15) is 11.8 Å². The quantitative estimate of drug-likeness (QED) is 0.298. The predicted molar refractivity (Wildman–Crippen MR) is 159 cm³/mol. The number of rotatable bonds is 13. The zero-order chi connectivity index (χ0) is 29.3. The van der Waals surface area contributed by atoms with Crippen LogP contribution in [0, 0.1) is 0 Å². The van der Waals surface area contributed by atoms with Crippen molar-refractivity contribution in [2.45, 2.75) is 31.8 Å². The Labute approximate surface area is 245 Å². The molecular formula is C29H33Cl2N3O5S. The van der Waals surface area contributed by atoms with Gasteiger partial charge in [-0.3, -0.25) is 13.9 Å². The second kappa shape index (κ2) is 14.4. The number of amides is 2. The fourth-order valence-electron chi connectivity index (χ4n) is 4.37. The average Bonchev–Trinajstić information content (AvgIpc) is 2.92. The highest BCUT2D eigenvalue weighted by Gasteiger charge is 2.30. The van der Waals surface area contributed by atoms with Gasteiger partial charge in [-0.15, -0.1) is 0 Å². The molecule has 0 heterocycles. The van der Waals surface area contributed by atoms with E-state index < -0.39 is 16.1 Å². The van der Waals surface area contributed by atoms with Crippen molar-refractivity contribution in [2.24, 2.45) is 0 Å². The summed E-state index contributed by atoms with van der Waals surface area (Å²) in [4.78, 5) is 28.3. The van der Waals surface area contributed by atoms with E-state index in [1.54, 1.807) is 30.3 Å². The first kappa shape index (κ1) is 31.3. The van der Waals surface area contributed by atoms with E-state index in [0.29, 0.717) is 22.9 Å². The highest BCUT2D eigenvalue weighted by molar-refractivity contribution is 7.92. The molecule has 214 valence electrons. The number of likely N-dealkylation sites (N-methyl/N-ethyl adjacent to an activating group) is 1. The molecule has 0 aromatic heterocycles. The van der Waals surface area contributed by atoms with Gasteiger partial charge in [-0.1, -0.05) is 65.7 Å². The van der Waals surface area contributed by atoms with Gasteiger partial charge >= 0.3 is 0 Å². The maximum absolute atomic E-state index is 13.7. The molecule has 1 N–H and O–H groups in total. The van der Waals surface area contributed by atoms with Crippen molar-refractivity contribution in [2.75, 3.05) is 31.3 Å². The third-order valence-corrected chi connectivity index (χ3v) is 8.06. The lowest BCUT2D eigenvalue weighted by Crippen LogP contribution is -2.49. The maximum Gasteiger partial charge on any atom is 0.242 e. The van der Waals surface area contributed by atoms with Gasteiger partial charge in [-0.05, 0) is 47.9 Å². The number of hydrogen-bond acceptors (Lipinski definition) is 5. The lowest BCUT2D eigenvalue weighted by atomic mass is 10.0. The molecule has 0 aliphatic heterocycles. The number of methoxy groups -OCH3 is 1. The Morgan fingerprint density at radius 1 is 0.975 bits per heavy atom. The van der Waals surface area contributed by atoms with E-state index in [9.17, 15) is 18.0 Å². The summed E-state index contributed by atoms with van der Waals surface area (Å²) in [5.74, 6) is -0.167. The van der Waals surface area contributed by atoms with Crippen LogP contribution in [0.3, 0.4) is 0 Å². The van der Waals surface area contributed by atoms with Crippen LogP contribution < -0.4 is 14.4 Å². The zero-order valence-corrected chi connectivity index (χ0v) is 25.0. The first-order valence-corrected chi connectivity index (χ1v) is 15.2. The summed E-state index contributed by atoms with van der Waals surface area (Å²) in [7, 11) is -0.664. The molecule has 3 rings (SSSR count). The Balaban J connectivity index is 1.85. The molecule has 3 aromatic rings. The molecule has 0 saturated carbocycles. The van der Waals surface area contributed by atoms with Crippen LogP contribution in [-0.2, 0) is 32.6 Å². The van der Waals surface area contributed by atoms with Crippen molar-refractivity contribution in [3.05, 3.63) is 94.0 Å². The fraction of sp³-hybridized carbons (Fsp3) is 0.310. The number of sulfonamides is 1. The van der Waals surface area contributed by atoms with E-state index >= 15 is 0 Å². The van der Waals surface area contributed by atoms with E-state index in [2.05, 4.69) is 5.32 Å². The highest BCUT2D eigenvalue weighted by Crippen LogP contribution is 2.30. The predicted octanol–water partition coefficient (Wildman–Crippen LogP) is 4.93. The molecule has 3 aromatic carbocycles. The Bertz CT molecular complexity index is 1420. The smallest absolute Gasteiger partial charge is 0.242 e. The Morgan fingerprint density at radius 2 is 1.68 bits per heavy atom. The first-order valence-electron chi connectivity index (χ1n) is 12.6. The molecule has 40 heavy (non-hydrogen) atoms. The van der Waals surface area contributed by atoms with Crippen molar-refractivity contribution < 1.29 is 22.7 Å². The number of nitrogens with one attached hydrogen (secondary N) is 1. The number of carbonyl (C=O) groups is 2. The minimum absolute atomic E-state index is 0.0127. The monoisotopic (exact) mass is 605 g/mol. The summed E-state index contributed by atoms with van der Waals surface area (Å²) in [6.45, 7) is 0.204. The second-order valence-corrected chi connectivity index (χ2v) is 12.0. The summed E-state index contributed by atoms with van der Waals surface area (Å²) in [6, 6.07) is 20.5. The third kappa shape index (κ3) is 8.61. The van der Waals surface area contributed by atoms with Gasteiger partial charge in [-0.25, -0.2) is 8.42 Å². The molecule has 8 nitrogen and oxygen atoms in total. The molecule has 0 radical (unpaired) electrons. The normalized spacial score (nSPS) is 11.9. The standard InChI is InChI=1S/C29H33Cl2N3O5S/c1-32-29(36)26(18-21-9-5-4-6-10-21)33(20-22-11-7-12-23(30)17-22)28(35)13-8-16-34(40(3,37)38)24-14-15-27(39-2)25(31)19-24/h4-7,9-12,14-15,17,19,26H,8,13,16,18,20H2,1-3H3,(H,32,36)/t26-/m0/s1. The molecule has 0 spiro atoms. The summed E-state index contributed by atoms with van der Waals surface area (Å²) in [5.41, 5.74) is 2.04. The molecule has 2 amide bonds. The number of anilines is 1. The van der Waals surface area contributed by atoms with E-state index in [4.69, 9.17) is 27.9 Å². The van der Waals surface area contributed by atoms with Gasteiger partial charge in [0.25, 0.3) is 0 Å². The molecule has 1 atom stereocenters. The number of carbonyl (C=O) groups excluding carboxylic acids is 2. The van der Waals surface area contributed by atoms with E-state index in [-0.39, 0.29) is 42.8 Å². The Morgan fingerprint density at radius 3 is 2.27 bits per heavy atom. The van der Waals surface area contributed by atoms with Crippen LogP contribution in [0.4, 0.5) is 5.69 Å². The number of benzene rings is 3. The molecular weight excluding hydrogens is 573 g/mol. The van der Waals surface area contributed by atoms with Crippen LogP contribution in [-0.4, -0.2) is 58.1 Å². The first-order chi connectivity index (χ1) is 19.0. The van der Waals surface area contributed by atoms with Crippen LogP contribution in [0.15, 0.2) is 72.8 Å². The van der Waals surface area contributed by atoms with Crippen molar-refractivity contribution in [1.29, 1.82) is 0 Å². The zero-order valence-electron chi connectivity index (χ0n) is 22.6. The topological polar surface area (TPSA) is 96.0 Å². The number of hydrogen-bond donors (Lipinski definition) is 1. The number of ether oxygens (including phenoxy) is 1. The largest absolute Gasteiger partial charge is 0.495 e. The van der Waals surface area contributed by atoms with Crippen molar-refractivity contribution >= 4 is 50.7 Å². The Hall–Kier alpha value is -3.27. The Kier molecular flexibility index (Phi) is 11.2. The maximum atomic E-state index is 13.7. The molecule has 0 bridgehead atoms. The van der Waals surface area contributed by atoms with Crippen LogP contribution >= 0.6 is 23.2 Å². The lowest BCUT2D eigenvalue weighted by molar-refractivity contribution is -0.141. The average molecular weight is 607 g/mol. The van der Waals surface area contributed by atoms with Gasteiger partial charge in [-0.2, -0.15) is 0 Å². The SMILES string of the molecule is CNC(=O)[C@H](Cc1ccccc1)N(Cc1cccc(Cl)c1)C(=O)CCCN(c1ccc(OC)c(Cl)c1)S(C)(=O)=O. The van der Waals surface area contributed by atoms with Gasteiger partial charge < -0.3 is 15.0 Å². The van der Waals surface area contributed by atoms with Crippen LogP contribution in [0.25, 0.3) is 0 Å². The van der Waals surface area contributed by atoms with E-state index in [1.165, 1.54) is 29.4 Å². The van der Waals surface area contributed by atoms with E-state index in [0.717, 1.165) is 17.4 Å². The third-order valence-electron chi connectivity index (χ3n) is 6.33. The summed E-state index contributed by atoms with van der Waals surface area (Å²) < 4.78 is 31.6. The van der Waals surface area contributed by atoms with Crippen molar-refractivity contribution in [1.82, 2.24) is 10.2 Å². The van der Waals surface area contributed by atoms with Crippen molar-refractivity contribution in [3.63, 3.8) is 0 Å². The minimum Gasteiger partial charge on any atom is -0.495 e. The van der Waals surface area contributed by atoms with Crippen molar-refractivity contribution in [3.8, 4) is 5.75 Å². The second-order valence-electron chi connectivity index (χ2n) is 9.23. The molecule has 11 heteroatoms. The lowest BCUT2D eigenvalue weighted by Gasteiger charge is -2.31. The summed E-state index contributed by atoms with van der Waals surface area (Å²) in [6.07, 6.45) is 1.64. The molecule has 0 unspecified atom stereocenters. The van der Waals surface area contributed by atoms with Gasteiger partial charge in [0, 0.05) is 38.0 Å². The van der Waals surface area contributed by atoms with Gasteiger partial charge in [0.2, 0.25) is 21.8 Å². The van der Waals surface area contributed by atoms with Gasteiger partial charge in [0.05, 0.1) is 24.1 Å². The molecule has 0 fully saturated rings. The fourth-order valence-corrected chi connectivity index (χ4v) is 5.79. The summed E-state index contributed by atoms with van der Waals surface area (Å²) >= 11 is 12.4. The van der Waals surface area contributed by atoms with Crippen LogP contribution in [0.2, 0.25) is 10.0 Å². The molecule has 0 aliphatic carbocycles. The highest BCUT2D eigenvalue weighted by atomic mass is 35.5.